The molecule has 3 aliphatic rings. The number of hydrogen-bond acceptors (Lipinski definition) is 3. The Kier molecular flexibility index (Phi) is 4.04. The lowest BCUT2D eigenvalue weighted by atomic mass is 9.84. The standard InChI is InChI=1S/C19H25N3O2/c23-17(20-11-14-6-7-14)16-10-19(18(24)21-16)8-9-22(13-19)12-15-4-2-1-3-5-15/h1-5,14,16H,6-13H2,(H,20,23)(H,21,24)/t16-,19-/m0/s1. The van der Waals surface area contributed by atoms with Gasteiger partial charge in [-0.15, -0.1) is 0 Å². The van der Waals surface area contributed by atoms with Crippen molar-refractivity contribution in [2.45, 2.75) is 38.3 Å². The van der Waals surface area contributed by atoms with Crippen molar-refractivity contribution >= 4 is 11.8 Å². The van der Waals surface area contributed by atoms with Crippen LogP contribution < -0.4 is 10.6 Å². The Hall–Kier alpha value is -1.88. The fraction of sp³-hybridized carbons (Fsp3) is 0.579. The second-order valence-corrected chi connectivity index (χ2v) is 7.65. The fourth-order valence-corrected chi connectivity index (χ4v) is 3.98. The number of amides is 2. The van der Waals surface area contributed by atoms with Crippen molar-refractivity contribution in [3.05, 3.63) is 35.9 Å². The summed E-state index contributed by atoms with van der Waals surface area (Å²) in [6, 6.07) is 9.99. The number of likely N-dealkylation sites (tertiary alicyclic amines) is 1. The molecule has 4 rings (SSSR count). The molecular weight excluding hydrogens is 302 g/mol. The molecule has 2 N–H and O–H groups in total. The van der Waals surface area contributed by atoms with Crippen LogP contribution in [0.25, 0.3) is 0 Å². The fourth-order valence-electron chi connectivity index (χ4n) is 3.98. The Morgan fingerprint density at radius 3 is 2.83 bits per heavy atom. The number of carbonyl (C=O) groups excluding carboxylic acids is 2. The van der Waals surface area contributed by atoms with E-state index < -0.39 is 0 Å². The zero-order valence-electron chi connectivity index (χ0n) is 14.0. The summed E-state index contributed by atoms with van der Waals surface area (Å²) >= 11 is 0. The van der Waals surface area contributed by atoms with Crippen molar-refractivity contribution in [1.29, 1.82) is 0 Å². The van der Waals surface area contributed by atoms with Crippen molar-refractivity contribution in [3.63, 3.8) is 0 Å². The van der Waals surface area contributed by atoms with Crippen molar-refractivity contribution in [3.8, 4) is 0 Å². The number of nitrogens with one attached hydrogen (secondary N) is 2. The van der Waals surface area contributed by atoms with Gasteiger partial charge >= 0.3 is 0 Å². The molecule has 1 aromatic rings. The maximum atomic E-state index is 12.5. The van der Waals surface area contributed by atoms with E-state index in [1.165, 1.54) is 18.4 Å². The van der Waals surface area contributed by atoms with Crippen LogP contribution in [-0.4, -0.2) is 42.4 Å². The topological polar surface area (TPSA) is 61.4 Å². The zero-order chi connectivity index (χ0) is 16.6. The first-order valence-corrected chi connectivity index (χ1v) is 9.00. The Balaban J connectivity index is 1.35. The van der Waals surface area contributed by atoms with E-state index in [4.69, 9.17) is 0 Å². The smallest absolute Gasteiger partial charge is 0.242 e. The van der Waals surface area contributed by atoms with Gasteiger partial charge < -0.3 is 10.6 Å². The normalized spacial score (nSPS) is 29.8. The van der Waals surface area contributed by atoms with Crippen LogP contribution in [0.5, 0.6) is 0 Å². The van der Waals surface area contributed by atoms with Gasteiger partial charge in [-0.05, 0) is 43.7 Å². The van der Waals surface area contributed by atoms with E-state index in [0.717, 1.165) is 32.6 Å². The molecule has 0 unspecified atom stereocenters. The minimum atomic E-state index is -0.379. The van der Waals surface area contributed by atoms with Crippen LogP contribution in [0, 0.1) is 11.3 Å². The van der Waals surface area contributed by atoms with Crippen molar-refractivity contribution in [2.75, 3.05) is 19.6 Å². The molecule has 1 saturated carbocycles. The predicted octanol–water partition coefficient (Wildman–Crippen LogP) is 1.29. The van der Waals surface area contributed by atoms with E-state index in [2.05, 4.69) is 27.7 Å². The van der Waals surface area contributed by atoms with Gasteiger partial charge in [0.2, 0.25) is 11.8 Å². The molecule has 0 radical (unpaired) electrons. The molecule has 3 fully saturated rings. The first-order chi connectivity index (χ1) is 11.6. The van der Waals surface area contributed by atoms with E-state index in [0.29, 0.717) is 12.3 Å². The summed E-state index contributed by atoms with van der Waals surface area (Å²) < 4.78 is 0. The van der Waals surface area contributed by atoms with E-state index >= 15 is 0 Å². The molecule has 0 aromatic heterocycles. The number of nitrogens with zero attached hydrogens (tertiary/aromatic N) is 1. The predicted molar refractivity (Wildman–Crippen MR) is 91.1 cm³/mol. The Morgan fingerprint density at radius 1 is 1.29 bits per heavy atom. The molecular formula is C19H25N3O2. The SMILES string of the molecule is O=C(NCC1CC1)[C@@H]1C[C@]2(CCN(Cc3ccccc3)C2)C(=O)N1. The highest BCUT2D eigenvalue weighted by atomic mass is 16.2. The van der Waals surface area contributed by atoms with Gasteiger partial charge in [-0.25, -0.2) is 0 Å². The lowest BCUT2D eigenvalue weighted by Gasteiger charge is -2.21. The first kappa shape index (κ1) is 15.6. The average molecular weight is 327 g/mol. The van der Waals surface area contributed by atoms with Gasteiger partial charge in [0, 0.05) is 19.6 Å². The van der Waals surface area contributed by atoms with Gasteiger partial charge in [-0.1, -0.05) is 30.3 Å². The number of benzene rings is 1. The molecule has 2 aliphatic heterocycles. The summed E-state index contributed by atoms with van der Waals surface area (Å²) in [5.41, 5.74) is 0.891. The lowest BCUT2D eigenvalue weighted by molar-refractivity contribution is -0.128. The molecule has 1 spiro atoms. The molecule has 5 heteroatoms. The van der Waals surface area contributed by atoms with E-state index in [1.54, 1.807) is 0 Å². The van der Waals surface area contributed by atoms with E-state index in [-0.39, 0.29) is 23.3 Å². The van der Waals surface area contributed by atoms with Crippen LogP contribution in [0.1, 0.15) is 31.2 Å². The molecule has 2 amide bonds. The zero-order valence-corrected chi connectivity index (χ0v) is 14.0. The molecule has 1 aliphatic carbocycles. The molecule has 2 saturated heterocycles. The van der Waals surface area contributed by atoms with Crippen LogP contribution in [0.15, 0.2) is 30.3 Å². The number of carbonyl (C=O) groups is 2. The second-order valence-electron chi connectivity index (χ2n) is 7.65. The average Bonchev–Trinajstić information content (AvgIpc) is 3.26. The summed E-state index contributed by atoms with van der Waals surface area (Å²) in [5.74, 6) is 0.714. The monoisotopic (exact) mass is 327 g/mol. The van der Waals surface area contributed by atoms with Gasteiger partial charge in [-0.2, -0.15) is 0 Å². The Labute approximate surface area is 142 Å². The third kappa shape index (κ3) is 3.18. The molecule has 2 heterocycles. The quantitative estimate of drug-likeness (QED) is 0.857. The molecule has 1 aromatic carbocycles. The molecule has 128 valence electrons. The summed E-state index contributed by atoms with van der Waals surface area (Å²) in [6.45, 7) is 3.30. The van der Waals surface area contributed by atoms with Crippen LogP contribution >= 0.6 is 0 Å². The third-order valence-corrected chi connectivity index (χ3v) is 5.64. The minimum absolute atomic E-state index is 0.00589. The largest absolute Gasteiger partial charge is 0.354 e. The van der Waals surface area contributed by atoms with Crippen molar-refractivity contribution in [2.24, 2.45) is 11.3 Å². The summed E-state index contributed by atoms with van der Waals surface area (Å²) in [5, 5.41) is 5.93. The second kappa shape index (κ2) is 6.20. The van der Waals surface area contributed by atoms with Gasteiger partial charge in [0.15, 0.2) is 0 Å². The van der Waals surface area contributed by atoms with Gasteiger partial charge in [0.05, 0.1) is 5.41 Å². The van der Waals surface area contributed by atoms with Crippen LogP contribution in [0.4, 0.5) is 0 Å². The van der Waals surface area contributed by atoms with Crippen molar-refractivity contribution < 1.29 is 9.59 Å². The highest BCUT2D eigenvalue weighted by Crippen LogP contribution is 2.40. The molecule has 5 nitrogen and oxygen atoms in total. The van der Waals surface area contributed by atoms with Crippen LogP contribution in [-0.2, 0) is 16.1 Å². The van der Waals surface area contributed by atoms with E-state index in [9.17, 15) is 9.59 Å². The first-order valence-electron chi connectivity index (χ1n) is 9.00. The van der Waals surface area contributed by atoms with Gasteiger partial charge in [0.25, 0.3) is 0 Å². The maximum Gasteiger partial charge on any atom is 0.242 e. The van der Waals surface area contributed by atoms with Gasteiger partial charge in [-0.3, -0.25) is 14.5 Å². The Bertz CT molecular complexity index is 629. The summed E-state index contributed by atoms with van der Waals surface area (Å²) in [6.07, 6.45) is 3.91. The number of hydrogen-bond donors (Lipinski definition) is 2. The van der Waals surface area contributed by atoms with Crippen LogP contribution in [0.2, 0.25) is 0 Å². The van der Waals surface area contributed by atoms with E-state index in [1.807, 2.05) is 18.2 Å². The highest BCUT2D eigenvalue weighted by molar-refractivity contribution is 5.94. The van der Waals surface area contributed by atoms with Crippen molar-refractivity contribution in [1.82, 2.24) is 15.5 Å². The molecule has 2 atom stereocenters. The maximum absolute atomic E-state index is 12.5. The summed E-state index contributed by atoms with van der Waals surface area (Å²) in [7, 11) is 0. The minimum Gasteiger partial charge on any atom is -0.354 e. The summed E-state index contributed by atoms with van der Waals surface area (Å²) in [4.78, 5) is 27.2. The van der Waals surface area contributed by atoms with Crippen LogP contribution in [0.3, 0.4) is 0 Å². The molecule has 0 bridgehead atoms. The Morgan fingerprint density at radius 2 is 2.08 bits per heavy atom. The third-order valence-electron chi connectivity index (χ3n) is 5.64. The lowest BCUT2D eigenvalue weighted by Crippen LogP contribution is -2.42. The molecule has 24 heavy (non-hydrogen) atoms. The highest BCUT2D eigenvalue weighted by Gasteiger charge is 2.52. The number of rotatable bonds is 5. The van der Waals surface area contributed by atoms with Gasteiger partial charge in [0.1, 0.15) is 6.04 Å².